The molecule has 0 radical (unpaired) electrons. The van der Waals surface area contributed by atoms with Crippen LogP contribution in [0.1, 0.15) is 10.7 Å². The molecule has 0 bridgehead atoms. The van der Waals surface area contributed by atoms with E-state index in [-0.39, 0.29) is 5.89 Å². The number of hydrogen-bond donors (Lipinski definition) is 0. The Hall–Kier alpha value is -2.88. The van der Waals surface area contributed by atoms with E-state index in [9.17, 15) is 4.79 Å². The van der Waals surface area contributed by atoms with Gasteiger partial charge in [0.05, 0.1) is 7.11 Å². The van der Waals surface area contributed by atoms with Gasteiger partial charge in [0.1, 0.15) is 11.4 Å². The second kappa shape index (κ2) is 5.63. The minimum Gasteiger partial charge on any atom is -0.496 e. The van der Waals surface area contributed by atoms with E-state index < -0.39 is 0 Å². The minimum atomic E-state index is 0.0507. The van der Waals surface area contributed by atoms with Gasteiger partial charge in [-0.15, -0.1) is 0 Å². The Bertz CT molecular complexity index is 763. The third-order valence-electron chi connectivity index (χ3n) is 3.14. The van der Waals surface area contributed by atoms with Crippen molar-refractivity contribution >= 4 is 6.29 Å². The quantitative estimate of drug-likeness (QED) is 0.681. The Balaban J connectivity index is 2.23. The van der Waals surface area contributed by atoms with Gasteiger partial charge in [-0.05, 0) is 12.1 Å². The van der Waals surface area contributed by atoms with Gasteiger partial charge < -0.3 is 9.15 Å². The number of ether oxygens (including phenoxy) is 1. The van der Waals surface area contributed by atoms with Crippen LogP contribution in [0.15, 0.2) is 59.0 Å². The van der Waals surface area contributed by atoms with E-state index in [4.69, 9.17) is 9.15 Å². The number of aromatic nitrogens is 1. The van der Waals surface area contributed by atoms with E-state index in [0.29, 0.717) is 23.5 Å². The van der Waals surface area contributed by atoms with Crippen LogP contribution < -0.4 is 4.74 Å². The smallest absolute Gasteiger partial charge is 0.260 e. The summed E-state index contributed by atoms with van der Waals surface area (Å²) in [4.78, 5) is 15.3. The number of carbonyl (C=O) groups excluding carboxylic acids is 1. The van der Waals surface area contributed by atoms with Gasteiger partial charge in [0.25, 0.3) is 5.89 Å². The second-order valence-electron chi connectivity index (χ2n) is 4.41. The lowest BCUT2D eigenvalue weighted by Crippen LogP contribution is -1.89. The SMILES string of the molecule is COc1ccccc1-c1nc(C=O)oc1-c1ccccc1. The van der Waals surface area contributed by atoms with Crippen molar-refractivity contribution in [3.05, 3.63) is 60.5 Å². The van der Waals surface area contributed by atoms with Gasteiger partial charge in [-0.2, -0.15) is 0 Å². The lowest BCUT2D eigenvalue weighted by molar-refractivity contribution is 0.109. The van der Waals surface area contributed by atoms with Gasteiger partial charge in [-0.3, -0.25) is 4.79 Å². The Morgan fingerprint density at radius 1 is 1.05 bits per heavy atom. The maximum atomic E-state index is 11.0. The minimum absolute atomic E-state index is 0.0507. The fourth-order valence-corrected chi connectivity index (χ4v) is 2.20. The zero-order valence-electron chi connectivity index (χ0n) is 11.4. The number of hydrogen-bond acceptors (Lipinski definition) is 4. The molecular formula is C17H13NO3. The van der Waals surface area contributed by atoms with E-state index >= 15 is 0 Å². The standard InChI is InChI=1S/C17H13NO3/c1-20-14-10-6-5-9-13(14)16-17(21-15(11-19)18-16)12-7-3-2-4-8-12/h2-11H,1H3. The highest BCUT2D eigenvalue weighted by molar-refractivity contribution is 5.83. The van der Waals surface area contributed by atoms with Crippen molar-refractivity contribution in [3.8, 4) is 28.3 Å². The normalized spacial score (nSPS) is 10.3. The van der Waals surface area contributed by atoms with Gasteiger partial charge in [0, 0.05) is 11.1 Å². The van der Waals surface area contributed by atoms with Crippen molar-refractivity contribution in [2.24, 2.45) is 0 Å². The predicted octanol–water partition coefficient (Wildman–Crippen LogP) is 3.83. The molecule has 3 rings (SSSR count). The van der Waals surface area contributed by atoms with Crippen LogP contribution in [0.4, 0.5) is 0 Å². The third-order valence-corrected chi connectivity index (χ3v) is 3.14. The maximum absolute atomic E-state index is 11.0. The second-order valence-corrected chi connectivity index (χ2v) is 4.41. The largest absolute Gasteiger partial charge is 0.496 e. The number of oxazole rings is 1. The first kappa shape index (κ1) is 13.1. The highest BCUT2D eigenvalue weighted by Crippen LogP contribution is 2.36. The lowest BCUT2D eigenvalue weighted by Gasteiger charge is -2.07. The fraction of sp³-hybridized carbons (Fsp3) is 0.0588. The molecule has 4 nitrogen and oxygen atoms in total. The first-order valence-electron chi connectivity index (χ1n) is 6.48. The highest BCUT2D eigenvalue weighted by Gasteiger charge is 2.19. The number of benzene rings is 2. The molecule has 4 heteroatoms. The zero-order chi connectivity index (χ0) is 14.7. The Kier molecular flexibility index (Phi) is 3.51. The van der Waals surface area contributed by atoms with Crippen molar-refractivity contribution in [2.75, 3.05) is 7.11 Å². The third kappa shape index (κ3) is 2.43. The number of rotatable bonds is 4. The molecule has 0 spiro atoms. The molecule has 104 valence electrons. The van der Waals surface area contributed by atoms with Crippen molar-refractivity contribution in [1.29, 1.82) is 0 Å². The summed E-state index contributed by atoms with van der Waals surface area (Å²) < 4.78 is 10.9. The molecule has 0 saturated carbocycles. The van der Waals surface area contributed by atoms with E-state index in [0.717, 1.165) is 11.1 Å². The summed E-state index contributed by atoms with van der Waals surface area (Å²) in [5.74, 6) is 1.29. The van der Waals surface area contributed by atoms with E-state index in [1.165, 1.54) is 0 Å². The molecule has 0 N–H and O–H groups in total. The zero-order valence-corrected chi connectivity index (χ0v) is 11.4. The lowest BCUT2D eigenvalue weighted by atomic mass is 10.1. The summed E-state index contributed by atoms with van der Waals surface area (Å²) in [7, 11) is 1.60. The number of para-hydroxylation sites is 1. The summed E-state index contributed by atoms with van der Waals surface area (Å²) in [5, 5.41) is 0. The van der Waals surface area contributed by atoms with Crippen LogP contribution in [0.3, 0.4) is 0 Å². The van der Waals surface area contributed by atoms with Gasteiger partial charge in [-0.1, -0.05) is 42.5 Å². The molecular weight excluding hydrogens is 266 g/mol. The van der Waals surface area contributed by atoms with Crippen molar-refractivity contribution in [3.63, 3.8) is 0 Å². The van der Waals surface area contributed by atoms with Crippen LogP contribution in [-0.2, 0) is 0 Å². The summed E-state index contributed by atoms with van der Waals surface area (Å²) in [5.41, 5.74) is 2.25. The van der Waals surface area contributed by atoms with Crippen molar-refractivity contribution < 1.29 is 13.9 Å². The molecule has 0 aliphatic carbocycles. The van der Waals surface area contributed by atoms with Crippen molar-refractivity contribution in [2.45, 2.75) is 0 Å². The van der Waals surface area contributed by atoms with Gasteiger partial charge >= 0.3 is 0 Å². The first-order chi connectivity index (χ1) is 10.3. The number of nitrogens with zero attached hydrogens (tertiary/aromatic N) is 1. The number of carbonyl (C=O) groups is 1. The molecule has 3 aromatic rings. The van der Waals surface area contributed by atoms with Crippen LogP contribution >= 0.6 is 0 Å². The molecule has 0 aliphatic heterocycles. The topological polar surface area (TPSA) is 52.3 Å². The Labute approximate surface area is 122 Å². The molecule has 0 unspecified atom stereocenters. The average molecular weight is 279 g/mol. The molecule has 0 saturated heterocycles. The van der Waals surface area contributed by atoms with Crippen molar-refractivity contribution in [1.82, 2.24) is 4.98 Å². The Morgan fingerprint density at radius 2 is 1.76 bits per heavy atom. The number of methoxy groups -OCH3 is 1. The molecule has 0 fully saturated rings. The molecule has 0 aliphatic rings. The number of aldehydes is 1. The first-order valence-corrected chi connectivity index (χ1v) is 6.48. The van der Waals surface area contributed by atoms with E-state index in [1.54, 1.807) is 7.11 Å². The Morgan fingerprint density at radius 3 is 2.48 bits per heavy atom. The van der Waals surface area contributed by atoms with Crippen LogP contribution in [0, 0.1) is 0 Å². The average Bonchev–Trinajstić information content (AvgIpc) is 3.00. The van der Waals surface area contributed by atoms with Crippen LogP contribution in [0.2, 0.25) is 0 Å². The molecule has 1 aromatic heterocycles. The molecule has 21 heavy (non-hydrogen) atoms. The van der Waals surface area contributed by atoms with Crippen LogP contribution in [-0.4, -0.2) is 18.4 Å². The van der Waals surface area contributed by atoms with Crippen LogP contribution in [0.25, 0.3) is 22.6 Å². The summed E-state index contributed by atoms with van der Waals surface area (Å²) in [6.45, 7) is 0. The highest BCUT2D eigenvalue weighted by atomic mass is 16.5. The van der Waals surface area contributed by atoms with Gasteiger partial charge in [0.15, 0.2) is 5.76 Å². The predicted molar refractivity (Wildman–Crippen MR) is 79.3 cm³/mol. The van der Waals surface area contributed by atoms with Crippen LogP contribution in [0.5, 0.6) is 5.75 Å². The van der Waals surface area contributed by atoms with E-state index in [2.05, 4.69) is 4.98 Å². The molecule has 2 aromatic carbocycles. The molecule has 0 amide bonds. The fourth-order valence-electron chi connectivity index (χ4n) is 2.20. The summed E-state index contributed by atoms with van der Waals surface area (Å²) in [6.07, 6.45) is 0.603. The molecule has 0 atom stereocenters. The van der Waals surface area contributed by atoms with E-state index in [1.807, 2.05) is 54.6 Å². The van der Waals surface area contributed by atoms with Gasteiger partial charge in [0.2, 0.25) is 6.29 Å². The monoisotopic (exact) mass is 279 g/mol. The summed E-state index contributed by atoms with van der Waals surface area (Å²) >= 11 is 0. The molecule has 1 heterocycles. The summed E-state index contributed by atoms with van der Waals surface area (Å²) in [6, 6.07) is 17.1. The van der Waals surface area contributed by atoms with Gasteiger partial charge in [-0.25, -0.2) is 4.98 Å². The maximum Gasteiger partial charge on any atom is 0.260 e.